The molecule has 102 valence electrons. The first-order chi connectivity index (χ1) is 9.13. The van der Waals surface area contributed by atoms with Crippen LogP contribution in [0.25, 0.3) is 0 Å². The topological polar surface area (TPSA) is 55.1 Å². The van der Waals surface area contributed by atoms with Crippen LogP contribution in [-0.4, -0.2) is 17.5 Å². The highest BCUT2D eigenvalue weighted by molar-refractivity contribution is 5.79. The van der Waals surface area contributed by atoms with E-state index in [2.05, 4.69) is 17.4 Å². The van der Waals surface area contributed by atoms with E-state index in [4.69, 9.17) is 5.73 Å². The summed E-state index contributed by atoms with van der Waals surface area (Å²) >= 11 is 0. The van der Waals surface area contributed by atoms with Crippen molar-refractivity contribution in [3.63, 3.8) is 0 Å². The van der Waals surface area contributed by atoms with Gasteiger partial charge in [0.05, 0.1) is 6.42 Å². The van der Waals surface area contributed by atoms with Gasteiger partial charge >= 0.3 is 0 Å². The maximum atomic E-state index is 11.9. The van der Waals surface area contributed by atoms with Crippen molar-refractivity contribution in [1.82, 2.24) is 5.32 Å². The second-order valence-electron chi connectivity index (χ2n) is 6.23. The molecular formula is C16H22N2O. The maximum Gasteiger partial charge on any atom is 0.224 e. The predicted molar refractivity (Wildman–Crippen MR) is 75.8 cm³/mol. The molecule has 2 aliphatic carbocycles. The van der Waals surface area contributed by atoms with Crippen molar-refractivity contribution in [3.05, 3.63) is 35.4 Å². The number of nitrogens with one attached hydrogen (secondary N) is 1. The molecule has 0 saturated heterocycles. The SMILES string of the molecule is NC1(Cc2cccc(CC(=O)NC3CCC3)c2)CC1. The van der Waals surface area contributed by atoms with Crippen molar-refractivity contribution in [2.75, 3.05) is 0 Å². The van der Waals surface area contributed by atoms with Crippen LogP contribution in [0.15, 0.2) is 24.3 Å². The molecule has 0 spiro atoms. The molecule has 1 aromatic carbocycles. The lowest BCUT2D eigenvalue weighted by Crippen LogP contribution is -2.40. The van der Waals surface area contributed by atoms with E-state index in [0.29, 0.717) is 12.5 Å². The first-order valence-corrected chi connectivity index (χ1v) is 7.29. The highest BCUT2D eigenvalue weighted by Crippen LogP contribution is 2.35. The van der Waals surface area contributed by atoms with Crippen LogP contribution >= 0.6 is 0 Å². The normalized spacial score (nSPS) is 20.7. The Kier molecular flexibility index (Phi) is 3.31. The lowest BCUT2D eigenvalue weighted by atomic mass is 9.93. The third kappa shape index (κ3) is 3.35. The molecule has 0 aliphatic heterocycles. The van der Waals surface area contributed by atoms with E-state index in [9.17, 15) is 4.79 Å². The number of rotatable bonds is 5. The van der Waals surface area contributed by atoms with Gasteiger partial charge in [-0.25, -0.2) is 0 Å². The third-order valence-electron chi connectivity index (χ3n) is 4.27. The van der Waals surface area contributed by atoms with Crippen LogP contribution in [0.4, 0.5) is 0 Å². The molecule has 1 aromatic rings. The van der Waals surface area contributed by atoms with E-state index >= 15 is 0 Å². The van der Waals surface area contributed by atoms with Gasteiger partial charge in [-0.3, -0.25) is 4.79 Å². The Morgan fingerprint density at radius 2 is 2.05 bits per heavy atom. The van der Waals surface area contributed by atoms with Gasteiger partial charge in [0.2, 0.25) is 5.91 Å². The van der Waals surface area contributed by atoms with Crippen molar-refractivity contribution in [1.29, 1.82) is 0 Å². The van der Waals surface area contributed by atoms with Gasteiger partial charge in [-0.05, 0) is 49.7 Å². The molecule has 3 nitrogen and oxygen atoms in total. The van der Waals surface area contributed by atoms with Gasteiger partial charge < -0.3 is 11.1 Å². The zero-order valence-corrected chi connectivity index (χ0v) is 11.3. The van der Waals surface area contributed by atoms with Gasteiger partial charge in [-0.15, -0.1) is 0 Å². The number of hydrogen-bond donors (Lipinski definition) is 2. The molecule has 3 heteroatoms. The average molecular weight is 258 g/mol. The minimum atomic E-state index is 0.0345. The molecule has 0 radical (unpaired) electrons. The standard InChI is InChI=1S/C16H22N2O/c17-16(7-8-16)11-13-4-1-3-12(9-13)10-15(19)18-14-5-2-6-14/h1,3-4,9,14H,2,5-8,10-11,17H2,(H,18,19). The molecule has 2 aliphatic rings. The molecule has 3 N–H and O–H groups in total. The average Bonchev–Trinajstić information content (AvgIpc) is 3.02. The van der Waals surface area contributed by atoms with Crippen LogP contribution < -0.4 is 11.1 Å². The Labute approximate surface area is 114 Å². The Bertz CT molecular complexity index is 475. The summed E-state index contributed by atoms with van der Waals surface area (Å²) in [5.74, 6) is 0.149. The Balaban J connectivity index is 1.57. The highest BCUT2D eigenvalue weighted by Gasteiger charge is 2.37. The van der Waals surface area contributed by atoms with E-state index in [1.807, 2.05) is 12.1 Å². The molecule has 1 amide bonds. The number of hydrogen-bond acceptors (Lipinski definition) is 2. The van der Waals surface area contributed by atoms with Crippen molar-refractivity contribution >= 4 is 5.91 Å². The van der Waals surface area contributed by atoms with Crippen LogP contribution in [0.1, 0.15) is 43.2 Å². The second kappa shape index (κ2) is 4.97. The second-order valence-corrected chi connectivity index (χ2v) is 6.23. The third-order valence-corrected chi connectivity index (χ3v) is 4.27. The van der Waals surface area contributed by atoms with Crippen LogP contribution in [0.2, 0.25) is 0 Å². The predicted octanol–water partition coefficient (Wildman–Crippen LogP) is 1.93. The van der Waals surface area contributed by atoms with Crippen molar-refractivity contribution < 1.29 is 4.79 Å². The number of nitrogens with two attached hydrogens (primary N) is 1. The summed E-state index contributed by atoms with van der Waals surface area (Å²) in [6.45, 7) is 0. The monoisotopic (exact) mass is 258 g/mol. The molecule has 3 rings (SSSR count). The smallest absolute Gasteiger partial charge is 0.224 e. The van der Waals surface area contributed by atoms with Crippen LogP contribution in [0, 0.1) is 0 Å². The summed E-state index contributed by atoms with van der Waals surface area (Å²) < 4.78 is 0. The van der Waals surface area contributed by atoms with Crippen molar-refractivity contribution in [2.24, 2.45) is 5.73 Å². The highest BCUT2D eigenvalue weighted by atomic mass is 16.1. The fourth-order valence-corrected chi connectivity index (χ4v) is 2.61. The summed E-state index contributed by atoms with van der Waals surface area (Å²) in [5.41, 5.74) is 8.53. The molecule has 0 aromatic heterocycles. The Hall–Kier alpha value is -1.35. The van der Waals surface area contributed by atoms with Crippen LogP contribution in [0.3, 0.4) is 0 Å². The quantitative estimate of drug-likeness (QED) is 0.848. The molecule has 2 saturated carbocycles. The fraction of sp³-hybridized carbons (Fsp3) is 0.562. The molecule has 0 unspecified atom stereocenters. The summed E-state index contributed by atoms with van der Waals surface area (Å²) in [6, 6.07) is 8.73. The lowest BCUT2D eigenvalue weighted by Gasteiger charge is -2.26. The van der Waals surface area contributed by atoms with Gasteiger partial charge in [0, 0.05) is 11.6 Å². The van der Waals surface area contributed by atoms with E-state index in [-0.39, 0.29) is 11.4 Å². The lowest BCUT2D eigenvalue weighted by molar-refractivity contribution is -0.121. The molecule has 2 fully saturated rings. The molecule has 19 heavy (non-hydrogen) atoms. The largest absolute Gasteiger partial charge is 0.353 e. The summed E-state index contributed by atoms with van der Waals surface area (Å²) in [7, 11) is 0. The van der Waals surface area contributed by atoms with Crippen molar-refractivity contribution in [2.45, 2.75) is 56.5 Å². The van der Waals surface area contributed by atoms with Gasteiger partial charge in [0.25, 0.3) is 0 Å². The zero-order valence-electron chi connectivity index (χ0n) is 11.3. The Morgan fingerprint density at radius 1 is 1.32 bits per heavy atom. The van der Waals surface area contributed by atoms with E-state index < -0.39 is 0 Å². The summed E-state index contributed by atoms with van der Waals surface area (Å²) in [4.78, 5) is 11.9. The Morgan fingerprint density at radius 3 is 2.68 bits per heavy atom. The zero-order chi connectivity index (χ0) is 13.3. The number of benzene rings is 1. The molecule has 0 heterocycles. The first kappa shape index (κ1) is 12.7. The fourth-order valence-electron chi connectivity index (χ4n) is 2.61. The first-order valence-electron chi connectivity index (χ1n) is 7.29. The number of carbonyl (C=O) groups is 1. The summed E-state index contributed by atoms with van der Waals surface area (Å²) in [6.07, 6.45) is 7.20. The minimum Gasteiger partial charge on any atom is -0.353 e. The molecule has 0 atom stereocenters. The molecule has 0 bridgehead atoms. The van der Waals surface area contributed by atoms with Crippen LogP contribution in [0.5, 0.6) is 0 Å². The summed E-state index contributed by atoms with van der Waals surface area (Å²) in [5, 5.41) is 3.08. The van der Waals surface area contributed by atoms with Crippen molar-refractivity contribution in [3.8, 4) is 0 Å². The van der Waals surface area contributed by atoms with Gasteiger partial charge in [-0.2, -0.15) is 0 Å². The number of amides is 1. The van der Waals surface area contributed by atoms with E-state index in [0.717, 1.165) is 37.7 Å². The van der Waals surface area contributed by atoms with E-state index in [1.54, 1.807) is 0 Å². The van der Waals surface area contributed by atoms with E-state index in [1.165, 1.54) is 12.0 Å². The number of carbonyl (C=O) groups excluding carboxylic acids is 1. The van der Waals surface area contributed by atoms with Gasteiger partial charge in [0.1, 0.15) is 0 Å². The maximum absolute atomic E-state index is 11.9. The van der Waals surface area contributed by atoms with Gasteiger partial charge in [0.15, 0.2) is 0 Å². The molecular weight excluding hydrogens is 236 g/mol. The van der Waals surface area contributed by atoms with Crippen LogP contribution in [-0.2, 0) is 17.6 Å². The van der Waals surface area contributed by atoms with Gasteiger partial charge in [-0.1, -0.05) is 24.3 Å². The minimum absolute atomic E-state index is 0.0345.